The van der Waals surface area contributed by atoms with Crippen LogP contribution in [0.25, 0.3) is 22.2 Å². The number of pyridine rings is 1. The van der Waals surface area contributed by atoms with Gasteiger partial charge in [-0.1, -0.05) is 0 Å². The summed E-state index contributed by atoms with van der Waals surface area (Å²) < 4.78 is 15.5. The maximum atomic E-state index is 11.5. The number of carbonyl (C=O) groups excluding carboxylic acids is 1. The number of esters is 1. The molecule has 2 aromatic heterocycles. The van der Waals surface area contributed by atoms with E-state index in [9.17, 15) is 4.79 Å². The number of hydrogen-bond donors (Lipinski definition) is 0. The number of ether oxygens (including phenoxy) is 2. The first-order chi connectivity index (χ1) is 10.2. The molecule has 0 aliphatic heterocycles. The Morgan fingerprint density at radius 2 is 2.00 bits per heavy atom. The van der Waals surface area contributed by atoms with Crippen LogP contribution in [0, 0.1) is 0 Å². The topological polar surface area (TPSA) is 61.6 Å². The number of carbonyl (C=O) groups is 1. The van der Waals surface area contributed by atoms with Gasteiger partial charge in [0.2, 0.25) is 5.76 Å². The Morgan fingerprint density at radius 1 is 1.14 bits per heavy atom. The van der Waals surface area contributed by atoms with Gasteiger partial charge in [0.15, 0.2) is 0 Å². The standard InChI is InChI=1S/C16H13NO4/c1-19-12-6-5-11(15-10(12)4-3-9-17-15)13-7-8-14(21-13)16(18)20-2/h3-9H,1-2H3. The van der Waals surface area contributed by atoms with E-state index in [-0.39, 0.29) is 5.76 Å². The molecule has 21 heavy (non-hydrogen) atoms. The molecular weight excluding hydrogens is 270 g/mol. The highest BCUT2D eigenvalue weighted by molar-refractivity contribution is 5.96. The first-order valence-electron chi connectivity index (χ1n) is 6.35. The van der Waals surface area contributed by atoms with Gasteiger partial charge >= 0.3 is 5.97 Å². The number of methoxy groups -OCH3 is 2. The van der Waals surface area contributed by atoms with Gasteiger partial charge in [0, 0.05) is 17.1 Å². The summed E-state index contributed by atoms with van der Waals surface area (Å²) in [4.78, 5) is 15.9. The molecule has 0 unspecified atom stereocenters. The molecule has 1 aromatic carbocycles. The monoisotopic (exact) mass is 283 g/mol. The van der Waals surface area contributed by atoms with E-state index in [0.29, 0.717) is 5.76 Å². The number of benzene rings is 1. The molecule has 0 fully saturated rings. The van der Waals surface area contributed by atoms with Crippen molar-refractivity contribution in [2.75, 3.05) is 14.2 Å². The lowest BCUT2D eigenvalue weighted by molar-refractivity contribution is 0.0566. The minimum absolute atomic E-state index is 0.160. The van der Waals surface area contributed by atoms with E-state index in [0.717, 1.165) is 22.2 Å². The molecule has 0 bridgehead atoms. The number of rotatable bonds is 3. The van der Waals surface area contributed by atoms with Crippen LogP contribution in [0.2, 0.25) is 0 Å². The molecule has 0 radical (unpaired) electrons. The van der Waals surface area contributed by atoms with E-state index in [1.807, 2.05) is 24.3 Å². The van der Waals surface area contributed by atoms with Crippen molar-refractivity contribution in [3.63, 3.8) is 0 Å². The molecule has 0 saturated carbocycles. The molecule has 0 atom stereocenters. The summed E-state index contributed by atoms with van der Waals surface area (Å²) in [5.41, 5.74) is 1.55. The van der Waals surface area contributed by atoms with Crippen molar-refractivity contribution in [3.05, 3.63) is 48.4 Å². The van der Waals surface area contributed by atoms with Crippen LogP contribution in [0.3, 0.4) is 0 Å². The summed E-state index contributed by atoms with van der Waals surface area (Å²) >= 11 is 0. The predicted octanol–water partition coefficient (Wildman–Crippen LogP) is 3.29. The summed E-state index contributed by atoms with van der Waals surface area (Å²) in [5.74, 6) is 0.947. The second kappa shape index (κ2) is 5.28. The number of fused-ring (bicyclic) bond motifs is 1. The van der Waals surface area contributed by atoms with Gasteiger partial charge in [-0.05, 0) is 36.4 Å². The maximum Gasteiger partial charge on any atom is 0.373 e. The third kappa shape index (κ3) is 2.23. The van der Waals surface area contributed by atoms with Gasteiger partial charge in [-0.2, -0.15) is 0 Å². The van der Waals surface area contributed by atoms with Gasteiger partial charge in [0.05, 0.1) is 19.7 Å². The second-order valence-corrected chi connectivity index (χ2v) is 4.37. The fourth-order valence-electron chi connectivity index (χ4n) is 2.22. The zero-order valence-electron chi connectivity index (χ0n) is 11.6. The Hall–Kier alpha value is -2.82. The molecule has 0 spiro atoms. The molecule has 106 valence electrons. The van der Waals surface area contributed by atoms with Crippen LogP contribution in [0.5, 0.6) is 5.75 Å². The Kier molecular flexibility index (Phi) is 3.31. The van der Waals surface area contributed by atoms with Gasteiger partial charge in [-0.15, -0.1) is 0 Å². The summed E-state index contributed by atoms with van der Waals surface area (Å²) in [5, 5.41) is 0.883. The zero-order chi connectivity index (χ0) is 14.8. The molecule has 0 aliphatic rings. The second-order valence-electron chi connectivity index (χ2n) is 4.37. The largest absolute Gasteiger partial charge is 0.496 e. The summed E-state index contributed by atoms with van der Waals surface area (Å²) in [6.07, 6.45) is 1.70. The average molecular weight is 283 g/mol. The van der Waals surface area contributed by atoms with Crippen LogP contribution in [0.15, 0.2) is 47.0 Å². The lowest BCUT2D eigenvalue weighted by atomic mass is 10.1. The molecule has 0 aliphatic carbocycles. The summed E-state index contributed by atoms with van der Waals surface area (Å²) in [6.45, 7) is 0. The minimum atomic E-state index is -0.507. The molecule has 5 heteroatoms. The Bertz CT molecular complexity index is 807. The van der Waals surface area contributed by atoms with Crippen molar-refractivity contribution in [2.24, 2.45) is 0 Å². The molecule has 0 N–H and O–H groups in total. The van der Waals surface area contributed by atoms with Gasteiger partial charge in [0.1, 0.15) is 11.5 Å². The number of nitrogens with zero attached hydrogens (tertiary/aromatic N) is 1. The van der Waals surface area contributed by atoms with Crippen molar-refractivity contribution >= 4 is 16.9 Å². The maximum absolute atomic E-state index is 11.5. The summed E-state index contributed by atoms with van der Waals surface area (Å²) in [6, 6.07) is 10.8. The normalized spacial score (nSPS) is 10.6. The summed E-state index contributed by atoms with van der Waals surface area (Å²) in [7, 11) is 2.93. The highest BCUT2D eigenvalue weighted by Crippen LogP contribution is 2.33. The van der Waals surface area contributed by atoms with Crippen molar-refractivity contribution in [3.8, 4) is 17.1 Å². The van der Waals surface area contributed by atoms with E-state index in [1.54, 1.807) is 25.4 Å². The molecule has 0 amide bonds. The average Bonchev–Trinajstić information content (AvgIpc) is 3.02. The van der Waals surface area contributed by atoms with Crippen LogP contribution in [0.4, 0.5) is 0 Å². The van der Waals surface area contributed by atoms with Crippen LogP contribution < -0.4 is 4.74 Å². The quantitative estimate of drug-likeness (QED) is 0.690. The van der Waals surface area contributed by atoms with Gasteiger partial charge in [-0.3, -0.25) is 4.98 Å². The van der Waals surface area contributed by atoms with Crippen LogP contribution >= 0.6 is 0 Å². The number of aromatic nitrogens is 1. The van der Waals surface area contributed by atoms with Gasteiger partial charge in [0.25, 0.3) is 0 Å². The highest BCUT2D eigenvalue weighted by atomic mass is 16.5. The zero-order valence-corrected chi connectivity index (χ0v) is 11.6. The number of furan rings is 1. The van der Waals surface area contributed by atoms with Crippen LogP contribution in [-0.2, 0) is 4.74 Å². The Morgan fingerprint density at radius 3 is 2.76 bits per heavy atom. The van der Waals surface area contributed by atoms with Gasteiger partial charge in [-0.25, -0.2) is 4.79 Å². The molecule has 2 heterocycles. The molecule has 3 aromatic rings. The molecule has 3 rings (SSSR count). The van der Waals surface area contributed by atoms with Crippen LogP contribution in [0.1, 0.15) is 10.6 Å². The first-order valence-corrected chi connectivity index (χ1v) is 6.35. The molecule has 0 saturated heterocycles. The highest BCUT2D eigenvalue weighted by Gasteiger charge is 2.15. The van der Waals surface area contributed by atoms with Crippen LogP contribution in [-0.4, -0.2) is 25.2 Å². The first kappa shape index (κ1) is 13.2. The minimum Gasteiger partial charge on any atom is -0.496 e. The van der Waals surface area contributed by atoms with Crippen molar-refractivity contribution in [2.45, 2.75) is 0 Å². The Labute approximate surface area is 121 Å². The van der Waals surface area contributed by atoms with E-state index >= 15 is 0 Å². The van der Waals surface area contributed by atoms with Gasteiger partial charge < -0.3 is 13.9 Å². The molecule has 5 nitrogen and oxygen atoms in total. The predicted molar refractivity (Wildman–Crippen MR) is 77.3 cm³/mol. The van der Waals surface area contributed by atoms with E-state index < -0.39 is 5.97 Å². The third-order valence-electron chi connectivity index (χ3n) is 3.21. The lowest BCUT2D eigenvalue weighted by Crippen LogP contribution is -1.98. The van der Waals surface area contributed by atoms with E-state index in [2.05, 4.69) is 9.72 Å². The fraction of sp³-hybridized carbons (Fsp3) is 0.125. The molecular formula is C16H13NO4. The van der Waals surface area contributed by atoms with Crippen molar-refractivity contribution in [1.29, 1.82) is 0 Å². The number of hydrogen-bond acceptors (Lipinski definition) is 5. The van der Waals surface area contributed by atoms with Crippen molar-refractivity contribution in [1.82, 2.24) is 4.98 Å². The van der Waals surface area contributed by atoms with E-state index in [4.69, 9.17) is 9.15 Å². The van der Waals surface area contributed by atoms with Crippen molar-refractivity contribution < 1.29 is 18.7 Å². The lowest BCUT2D eigenvalue weighted by Gasteiger charge is -2.07. The SMILES string of the molecule is COC(=O)c1ccc(-c2ccc(OC)c3cccnc23)o1. The van der Waals surface area contributed by atoms with E-state index in [1.165, 1.54) is 7.11 Å². The smallest absolute Gasteiger partial charge is 0.373 e. The third-order valence-corrected chi connectivity index (χ3v) is 3.21. The Balaban J connectivity index is 2.17. The fourth-order valence-corrected chi connectivity index (χ4v) is 2.22.